The van der Waals surface area contributed by atoms with E-state index in [0.717, 1.165) is 14.1 Å². The zero-order chi connectivity index (χ0) is 10.1. The Hall–Kier alpha value is -0.400. The molecule has 14 heavy (non-hydrogen) atoms. The van der Waals surface area contributed by atoms with Gasteiger partial charge in [0.2, 0.25) is 0 Å². The molecule has 2 aromatic rings. The maximum absolute atomic E-state index is 10.0. The lowest BCUT2D eigenvalue weighted by Gasteiger charge is -2.06. The number of hydrogen-bond donors (Lipinski definition) is 1. The van der Waals surface area contributed by atoms with Crippen molar-refractivity contribution in [2.75, 3.05) is 0 Å². The predicted octanol–water partition coefficient (Wildman–Crippen LogP) is 2.17. The van der Waals surface area contributed by atoms with Crippen LogP contribution in [0.25, 0.3) is 0 Å². The average Bonchev–Trinajstić information content (AvgIpc) is 2.77. The van der Waals surface area contributed by atoms with Gasteiger partial charge in [-0.1, -0.05) is 6.07 Å². The fourth-order valence-electron chi connectivity index (χ4n) is 1.22. The van der Waals surface area contributed by atoms with Crippen LogP contribution in [0.15, 0.2) is 23.7 Å². The number of aliphatic hydroxyl groups is 1. The van der Waals surface area contributed by atoms with Crippen LogP contribution in [-0.2, 0) is 7.05 Å². The summed E-state index contributed by atoms with van der Waals surface area (Å²) >= 11 is 3.74. The van der Waals surface area contributed by atoms with Crippen molar-refractivity contribution in [2.45, 2.75) is 6.10 Å². The summed E-state index contributed by atoms with van der Waals surface area (Å²) in [6.45, 7) is 0. The van der Waals surface area contributed by atoms with Gasteiger partial charge in [-0.25, -0.2) is 0 Å². The molecular formula is C9H9IN2OS. The number of nitrogens with zero attached hydrogens (tertiary/aromatic N) is 2. The molecule has 0 amide bonds. The second kappa shape index (κ2) is 4.00. The third kappa shape index (κ3) is 1.71. The predicted molar refractivity (Wildman–Crippen MR) is 64.3 cm³/mol. The lowest BCUT2D eigenvalue weighted by molar-refractivity contribution is 0.223. The standard InChI is InChI=1S/C9H9IN2OS/c1-12-9(10)6(5-11-12)8(13)7-3-2-4-14-7/h2-5,8,13H,1H3. The largest absolute Gasteiger partial charge is 0.383 e. The van der Waals surface area contributed by atoms with Gasteiger partial charge in [0.15, 0.2) is 0 Å². The highest BCUT2D eigenvalue weighted by Gasteiger charge is 2.17. The highest BCUT2D eigenvalue weighted by molar-refractivity contribution is 14.1. The van der Waals surface area contributed by atoms with E-state index in [2.05, 4.69) is 27.7 Å². The Bertz CT molecular complexity index is 424. The van der Waals surface area contributed by atoms with Crippen molar-refractivity contribution in [3.63, 3.8) is 0 Å². The lowest BCUT2D eigenvalue weighted by Crippen LogP contribution is -2.00. The molecule has 1 atom stereocenters. The van der Waals surface area contributed by atoms with Crippen LogP contribution in [0.1, 0.15) is 16.5 Å². The Morgan fingerprint density at radius 3 is 2.93 bits per heavy atom. The van der Waals surface area contributed by atoms with Crippen LogP contribution in [0.4, 0.5) is 0 Å². The van der Waals surface area contributed by atoms with Gasteiger partial charge in [0.1, 0.15) is 9.80 Å². The van der Waals surface area contributed by atoms with Crippen LogP contribution in [-0.4, -0.2) is 14.9 Å². The van der Waals surface area contributed by atoms with E-state index in [1.54, 1.807) is 22.2 Å². The number of aliphatic hydroxyl groups excluding tert-OH is 1. The van der Waals surface area contributed by atoms with E-state index in [4.69, 9.17) is 0 Å². The Morgan fingerprint density at radius 2 is 2.43 bits per heavy atom. The van der Waals surface area contributed by atoms with Crippen molar-refractivity contribution >= 4 is 33.9 Å². The molecule has 74 valence electrons. The minimum atomic E-state index is -0.546. The SMILES string of the molecule is Cn1ncc(C(O)c2cccs2)c1I. The quantitative estimate of drug-likeness (QED) is 0.861. The van der Waals surface area contributed by atoms with Gasteiger partial charge in [-0.3, -0.25) is 4.68 Å². The van der Waals surface area contributed by atoms with Crippen molar-refractivity contribution in [3.05, 3.63) is 37.9 Å². The Kier molecular flexibility index (Phi) is 2.89. The van der Waals surface area contributed by atoms with Gasteiger partial charge in [0.25, 0.3) is 0 Å². The molecule has 0 aliphatic rings. The van der Waals surface area contributed by atoms with Gasteiger partial charge in [0, 0.05) is 17.5 Å². The first-order chi connectivity index (χ1) is 6.70. The summed E-state index contributed by atoms with van der Waals surface area (Å²) in [6.07, 6.45) is 1.17. The Labute approximate surface area is 99.5 Å². The molecule has 0 fully saturated rings. The average molecular weight is 320 g/mol. The maximum atomic E-state index is 10.0. The summed E-state index contributed by atoms with van der Waals surface area (Å²) in [4.78, 5) is 0.955. The van der Waals surface area contributed by atoms with E-state index in [-0.39, 0.29) is 0 Å². The smallest absolute Gasteiger partial charge is 0.117 e. The summed E-state index contributed by atoms with van der Waals surface area (Å²) < 4.78 is 2.73. The first-order valence-electron chi connectivity index (χ1n) is 4.09. The molecule has 5 heteroatoms. The monoisotopic (exact) mass is 320 g/mol. The highest BCUT2D eigenvalue weighted by atomic mass is 127. The van der Waals surface area contributed by atoms with Crippen molar-refractivity contribution in [3.8, 4) is 0 Å². The molecule has 0 aromatic carbocycles. The summed E-state index contributed by atoms with van der Waals surface area (Å²) in [6, 6.07) is 3.87. The molecule has 2 aromatic heterocycles. The molecule has 0 aliphatic carbocycles. The van der Waals surface area contributed by atoms with Gasteiger partial charge in [0.05, 0.1) is 6.20 Å². The fraction of sp³-hybridized carbons (Fsp3) is 0.222. The molecule has 0 saturated carbocycles. The van der Waals surface area contributed by atoms with Gasteiger partial charge in [-0.05, 0) is 34.0 Å². The number of aromatic nitrogens is 2. The van der Waals surface area contributed by atoms with Crippen molar-refractivity contribution in [2.24, 2.45) is 7.05 Å². The summed E-state index contributed by atoms with van der Waals surface area (Å²) in [5.41, 5.74) is 0.871. The van der Waals surface area contributed by atoms with E-state index in [1.807, 2.05) is 24.6 Å². The number of thiophene rings is 1. The van der Waals surface area contributed by atoms with Crippen LogP contribution >= 0.6 is 33.9 Å². The second-order valence-electron chi connectivity index (χ2n) is 2.93. The molecule has 0 bridgehead atoms. The van der Waals surface area contributed by atoms with Crippen LogP contribution in [0, 0.1) is 3.70 Å². The third-order valence-corrected chi connectivity index (χ3v) is 4.25. The molecule has 0 spiro atoms. The minimum Gasteiger partial charge on any atom is -0.383 e. The van der Waals surface area contributed by atoms with Crippen LogP contribution < -0.4 is 0 Å². The zero-order valence-electron chi connectivity index (χ0n) is 7.51. The Balaban J connectivity index is 2.36. The molecular weight excluding hydrogens is 311 g/mol. The molecule has 0 aliphatic heterocycles. The van der Waals surface area contributed by atoms with E-state index in [9.17, 15) is 5.11 Å². The van der Waals surface area contributed by atoms with Crippen molar-refractivity contribution in [1.82, 2.24) is 9.78 Å². The molecule has 3 nitrogen and oxygen atoms in total. The van der Waals surface area contributed by atoms with E-state index >= 15 is 0 Å². The summed E-state index contributed by atoms with van der Waals surface area (Å²) in [5.74, 6) is 0. The van der Waals surface area contributed by atoms with Crippen molar-refractivity contribution in [1.29, 1.82) is 0 Å². The number of rotatable bonds is 2. The molecule has 0 saturated heterocycles. The summed E-state index contributed by atoms with van der Waals surface area (Å²) in [7, 11) is 1.87. The first-order valence-corrected chi connectivity index (χ1v) is 6.05. The second-order valence-corrected chi connectivity index (χ2v) is 4.93. The van der Waals surface area contributed by atoms with Gasteiger partial charge < -0.3 is 5.11 Å². The molecule has 1 unspecified atom stereocenters. The normalized spacial score (nSPS) is 13.1. The van der Waals surface area contributed by atoms with E-state index in [0.29, 0.717) is 0 Å². The van der Waals surface area contributed by atoms with E-state index < -0.39 is 6.10 Å². The van der Waals surface area contributed by atoms with Gasteiger partial charge in [-0.2, -0.15) is 5.10 Å². The molecule has 2 heterocycles. The van der Waals surface area contributed by atoms with Gasteiger partial charge >= 0.3 is 0 Å². The topological polar surface area (TPSA) is 38.0 Å². The fourth-order valence-corrected chi connectivity index (χ4v) is 2.51. The molecule has 0 radical (unpaired) electrons. The van der Waals surface area contributed by atoms with Crippen LogP contribution in [0.2, 0.25) is 0 Å². The number of halogens is 1. The number of hydrogen-bond acceptors (Lipinski definition) is 3. The molecule has 2 rings (SSSR count). The zero-order valence-corrected chi connectivity index (χ0v) is 10.5. The minimum absolute atomic E-state index is 0.546. The lowest BCUT2D eigenvalue weighted by atomic mass is 10.2. The first kappa shape index (κ1) is 10.1. The molecule has 1 N–H and O–H groups in total. The van der Waals surface area contributed by atoms with Crippen molar-refractivity contribution < 1.29 is 5.11 Å². The van der Waals surface area contributed by atoms with Crippen LogP contribution in [0.3, 0.4) is 0 Å². The number of aryl methyl sites for hydroxylation is 1. The third-order valence-electron chi connectivity index (χ3n) is 2.00. The van der Waals surface area contributed by atoms with Gasteiger partial charge in [-0.15, -0.1) is 11.3 Å². The maximum Gasteiger partial charge on any atom is 0.117 e. The van der Waals surface area contributed by atoms with E-state index in [1.165, 1.54) is 0 Å². The Morgan fingerprint density at radius 1 is 1.64 bits per heavy atom. The van der Waals surface area contributed by atoms with Crippen LogP contribution in [0.5, 0.6) is 0 Å². The highest BCUT2D eigenvalue weighted by Crippen LogP contribution is 2.28. The summed E-state index contributed by atoms with van der Waals surface area (Å²) in [5, 5.41) is 16.1.